The summed E-state index contributed by atoms with van der Waals surface area (Å²) in [4.78, 5) is 12.1. The molecule has 3 nitrogen and oxygen atoms in total. The number of phenolic OH excluding ortho intramolecular Hbond substituents is 1. The molecule has 0 fully saturated rings. The summed E-state index contributed by atoms with van der Waals surface area (Å²) in [5.74, 6) is -1.65. The summed E-state index contributed by atoms with van der Waals surface area (Å²) in [6, 6.07) is 3.82. The van der Waals surface area contributed by atoms with E-state index >= 15 is 0 Å². The van der Waals surface area contributed by atoms with Crippen LogP contribution in [0.15, 0.2) is 18.2 Å². The van der Waals surface area contributed by atoms with E-state index in [0.717, 1.165) is 12.5 Å². The number of amides is 1. The smallest absolute Gasteiger partial charge is 0.258 e. The van der Waals surface area contributed by atoms with Crippen molar-refractivity contribution >= 4 is 5.91 Å². The number of hydrogen-bond donors (Lipinski definition) is 2. The second-order valence-electron chi connectivity index (χ2n) is 6.71. The lowest BCUT2D eigenvalue weighted by Gasteiger charge is -2.33. The summed E-state index contributed by atoms with van der Waals surface area (Å²) in [7, 11) is 0. The molecule has 4 heteroatoms. The fraction of sp³-hybridized carbons (Fsp3) is 0.533. The van der Waals surface area contributed by atoms with Crippen LogP contribution in [0.3, 0.4) is 0 Å². The second kappa shape index (κ2) is 5.19. The molecule has 1 amide bonds. The van der Waals surface area contributed by atoms with Crippen LogP contribution in [0.2, 0.25) is 0 Å². The molecule has 0 aromatic heterocycles. The maximum atomic E-state index is 13.6. The predicted molar refractivity (Wildman–Crippen MR) is 73.7 cm³/mol. The molecule has 0 saturated heterocycles. The molecule has 19 heavy (non-hydrogen) atoms. The van der Waals surface area contributed by atoms with Crippen molar-refractivity contribution in [3.05, 3.63) is 29.6 Å². The molecule has 1 aromatic carbocycles. The topological polar surface area (TPSA) is 49.3 Å². The first-order valence-corrected chi connectivity index (χ1v) is 6.32. The Hall–Kier alpha value is -1.58. The van der Waals surface area contributed by atoms with Gasteiger partial charge in [-0.3, -0.25) is 4.79 Å². The van der Waals surface area contributed by atoms with Crippen molar-refractivity contribution in [3.8, 4) is 5.75 Å². The number of carbonyl (C=O) groups is 1. The Morgan fingerprint density at radius 3 is 2.32 bits per heavy atom. The minimum Gasteiger partial charge on any atom is -0.507 e. The lowest BCUT2D eigenvalue weighted by molar-refractivity contribution is 0.0884. The van der Waals surface area contributed by atoms with E-state index in [1.54, 1.807) is 0 Å². The highest BCUT2D eigenvalue weighted by molar-refractivity contribution is 5.97. The maximum absolute atomic E-state index is 13.6. The Balaban J connectivity index is 2.91. The summed E-state index contributed by atoms with van der Waals surface area (Å²) in [6.45, 7) is 9.98. The Morgan fingerprint density at radius 2 is 1.84 bits per heavy atom. The Labute approximate surface area is 113 Å². The van der Waals surface area contributed by atoms with E-state index < -0.39 is 17.3 Å². The second-order valence-corrected chi connectivity index (χ2v) is 6.71. The molecule has 0 saturated carbocycles. The molecule has 0 aliphatic carbocycles. The zero-order chi connectivity index (χ0) is 14.8. The predicted octanol–water partition coefficient (Wildman–Crippen LogP) is 3.48. The average molecular weight is 267 g/mol. The van der Waals surface area contributed by atoms with Gasteiger partial charge < -0.3 is 10.4 Å². The number of phenols is 1. The van der Waals surface area contributed by atoms with Gasteiger partial charge in [-0.2, -0.15) is 0 Å². The third-order valence-corrected chi connectivity index (χ3v) is 2.64. The molecule has 1 rings (SSSR count). The van der Waals surface area contributed by atoms with Crippen molar-refractivity contribution in [3.63, 3.8) is 0 Å². The van der Waals surface area contributed by atoms with E-state index in [9.17, 15) is 14.3 Å². The number of carbonyl (C=O) groups excluding carboxylic acids is 1. The summed E-state index contributed by atoms with van der Waals surface area (Å²) in [5.41, 5.74) is -0.748. The van der Waals surface area contributed by atoms with Crippen LogP contribution >= 0.6 is 0 Å². The molecule has 0 aliphatic heterocycles. The maximum Gasteiger partial charge on any atom is 0.258 e. The van der Waals surface area contributed by atoms with Gasteiger partial charge in [-0.05, 0) is 37.8 Å². The van der Waals surface area contributed by atoms with Crippen molar-refractivity contribution in [2.45, 2.75) is 46.6 Å². The number of nitrogens with one attached hydrogen (secondary N) is 1. The Bertz CT molecular complexity index is 455. The van der Waals surface area contributed by atoms with Gasteiger partial charge in [-0.25, -0.2) is 4.39 Å². The van der Waals surface area contributed by atoms with Gasteiger partial charge in [0.2, 0.25) is 0 Å². The van der Waals surface area contributed by atoms with E-state index in [1.807, 2.05) is 13.8 Å². The standard InChI is InChI=1S/C15H22FNO2/c1-14(2,3)9-15(4,5)17-13(19)12-10(16)7-6-8-11(12)18/h6-8,18H,9H2,1-5H3,(H,17,19). The van der Waals surface area contributed by atoms with Gasteiger partial charge >= 0.3 is 0 Å². The molecule has 2 N–H and O–H groups in total. The highest BCUT2D eigenvalue weighted by Gasteiger charge is 2.29. The first-order valence-electron chi connectivity index (χ1n) is 6.32. The number of rotatable bonds is 3. The molecule has 0 radical (unpaired) electrons. The van der Waals surface area contributed by atoms with Gasteiger partial charge in [0.15, 0.2) is 0 Å². The molecule has 106 valence electrons. The molecular formula is C15H22FNO2. The largest absolute Gasteiger partial charge is 0.507 e. The lowest BCUT2D eigenvalue weighted by atomic mass is 9.81. The van der Waals surface area contributed by atoms with Crippen LogP contribution in [0, 0.1) is 11.2 Å². The Morgan fingerprint density at radius 1 is 1.26 bits per heavy atom. The number of halogens is 1. The van der Waals surface area contributed by atoms with Crippen molar-refractivity contribution < 1.29 is 14.3 Å². The number of aromatic hydroxyl groups is 1. The average Bonchev–Trinajstić information content (AvgIpc) is 2.11. The SMILES string of the molecule is CC(C)(C)CC(C)(C)NC(=O)c1c(O)cccc1F. The molecule has 1 aromatic rings. The van der Waals surface area contributed by atoms with Gasteiger partial charge in [0.05, 0.1) is 0 Å². The van der Waals surface area contributed by atoms with Crippen molar-refractivity contribution in [1.82, 2.24) is 5.32 Å². The van der Waals surface area contributed by atoms with Gasteiger partial charge in [0.1, 0.15) is 17.1 Å². The number of hydrogen-bond acceptors (Lipinski definition) is 2. The van der Waals surface area contributed by atoms with Gasteiger partial charge in [-0.1, -0.05) is 26.8 Å². The summed E-state index contributed by atoms with van der Waals surface area (Å²) >= 11 is 0. The van der Waals surface area contributed by atoms with Crippen molar-refractivity contribution in [1.29, 1.82) is 0 Å². The van der Waals surface area contributed by atoms with Crippen LogP contribution in [-0.4, -0.2) is 16.6 Å². The van der Waals surface area contributed by atoms with Crippen LogP contribution in [0.5, 0.6) is 5.75 Å². The normalized spacial score (nSPS) is 12.3. The molecule has 0 atom stereocenters. The summed E-state index contributed by atoms with van der Waals surface area (Å²) < 4.78 is 13.6. The summed E-state index contributed by atoms with van der Waals surface area (Å²) in [5, 5.41) is 12.4. The highest BCUT2D eigenvalue weighted by Crippen LogP contribution is 2.28. The highest BCUT2D eigenvalue weighted by atomic mass is 19.1. The third-order valence-electron chi connectivity index (χ3n) is 2.64. The minimum absolute atomic E-state index is 0.0358. The van der Waals surface area contributed by atoms with Crippen LogP contribution < -0.4 is 5.32 Å². The molecule has 0 aliphatic rings. The third kappa shape index (κ3) is 4.54. The van der Waals surface area contributed by atoms with Crippen LogP contribution in [0.25, 0.3) is 0 Å². The zero-order valence-electron chi connectivity index (χ0n) is 12.2. The first-order chi connectivity index (χ1) is 8.52. The van der Waals surface area contributed by atoms with Crippen LogP contribution in [-0.2, 0) is 0 Å². The first kappa shape index (κ1) is 15.5. The van der Waals surface area contributed by atoms with E-state index in [0.29, 0.717) is 0 Å². The quantitative estimate of drug-likeness (QED) is 0.881. The monoisotopic (exact) mass is 267 g/mol. The lowest BCUT2D eigenvalue weighted by Crippen LogP contribution is -2.46. The van der Waals surface area contributed by atoms with Crippen LogP contribution in [0.1, 0.15) is 51.4 Å². The van der Waals surface area contributed by atoms with E-state index in [4.69, 9.17) is 0 Å². The molecule has 0 bridgehead atoms. The van der Waals surface area contributed by atoms with Gasteiger partial charge in [0, 0.05) is 5.54 Å². The molecule has 0 heterocycles. The fourth-order valence-corrected chi connectivity index (χ4v) is 2.48. The van der Waals surface area contributed by atoms with E-state index in [2.05, 4.69) is 26.1 Å². The number of benzene rings is 1. The van der Waals surface area contributed by atoms with E-state index in [-0.39, 0.29) is 16.7 Å². The van der Waals surface area contributed by atoms with Gasteiger partial charge in [0.25, 0.3) is 5.91 Å². The zero-order valence-corrected chi connectivity index (χ0v) is 12.2. The molecule has 0 unspecified atom stereocenters. The van der Waals surface area contributed by atoms with E-state index in [1.165, 1.54) is 12.1 Å². The summed E-state index contributed by atoms with van der Waals surface area (Å²) in [6.07, 6.45) is 0.737. The Kier molecular flexibility index (Phi) is 4.23. The van der Waals surface area contributed by atoms with Crippen LogP contribution in [0.4, 0.5) is 4.39 Å². The minimum atomic E-state index is -0.718. The molecule has 0 spiro atoms. The van der Waals surface area contributed by atoms with Crippen molar-refractivity contribution in [2.24, 2.45) is 5.41 Å². The fourth-order valence-electron chi connectivity index (χ4n) is 2.48. The van der Waals surface area contributed by atoms with Gasteiger partial charge in [-0.15, -0.1) is 0 Å². The molecular weight excluding hydrogens is 245 g/mol. The van der Waals surface area contributed by atoms with Crippen molar-refractivity contribution in [2.75, 3.05) is 0 Å².